The van der Waals surface area contributed by atoms with E-state index in [0.29, 0.717) is 32.7 Å². The van der Waals surface area contributed by atoms with Crippen LogP contribution in [-0.4, -0.2) is 64.6 Å². The average Bonchev–Trinajstić information content (AvgIpc) is 2.87. The Morgan fingerprint density at radius 2 is 2.17 bits per heavy atom. The average molecular weight is 270 g/mol. The Bertz CT molecular complexity index is 384. The van der Waals surface area contributed by atoms with Crippen molar-refractivity contribution in [2.45, 2.75) is 30.7 Å². The van der Waals surface area contributed by atoms with Crippen LogP contribution in [0.15, 0.2) is 0 Å². The van der Waals surface area contributed by atoms with E-state index in [0.717, 1.165) is 12.2 Å². The molecule has 0 N–H and O–H groups in total. The van der Waals surface area contributed by atoms with Crippen molar-refractivity contribution in [3.05, 3.63) is 0 Å². The Labute approximate surface area is 111 Å². The van der Waals surface area contributed by atoms with Crippen LogP contribution in [0.1, 0.15) is 19.8 Å². The number of carbonyl (C=O) groups excluding carboxylic acids is 2. The summed E-state index contributed by atoms with van der Waals surface area (Å²) in [7, 11) is 0. The second-order valence-corrected chi connectivity index (χ2v) is 6.70. The highest BCUT2D eigenvalue weighted by atomic mass is 32.2. The van der Waals surface area contributed by atoms with Gasteiger partial charge in [-0.3, -0.25) is 9.59 Å². The molecule has 6 heteroatoms. The smallest absolute Gasteiger partial charge is 0.246 e. The molecule has 3 aliphatic rings. The first-order valence-electron chi connectivity index (χ1n) is 6.44. The fraction of sp³-hybridized carbons (Fsp3) is 0.833. The molecule has 3 aliphatic heterocycles. The number of amides is 2. The minimum Gasteiger partial charge on any atom is -0.378 e. The van der Waals surface area contributed by atoms with E-state index in [2.05, 4.69) is 6.92 Å². The van der Waals surface area contributed by atoms with Crippen molar-refractivity contribution in [2.75, 3.05) is 32.1 Å². The van der Waals surface area contributed by atoms with E-state index < -0.39 is 0 Å². The Morgan fingerprint density at radius 1 is 1.44 bits per heavy atom. The summed E-state index contributed by atoms with van der Waals surface area (Å²) in [6, 6.07) is -0.256. The number of hydrogen-bond acceptors (Lipinski definition) is 4. The number of ether oxygens (including phenoxy) is 1. The second kappa shape index (κ2) is 4.42. The van der Waals surface area contributed by atoms with Crippen molar-refractivity contribution in [2.24, 2.45) is 0 Å². The van der Waals surface area contributed by atoms with Crippen LogP contribution in [0.5, 0.6) is 0 Å². The first-order valence-corrected chi connectivity index (χ1v) is 7.43. The van der Waals surface area contributed by atoms with Crippen LogP contribution in [0, 0.1) is 0 Å². The third-order valence-corrected chi connectivity index (χ3v) is 5.56. The number of fused-ring (bicyclic) bond motifs is 1. The Kier molecular flexibility index (Phi) is 3.02. The zero-order chi connectivity index (χ0) is 12.8. The number of rotatable bonds is 1. The highest BCUT2D eigenvalue weighted by Gasteiger charge is 2.53. The highest BCUT2D eigenvalue weighted by Crippen LogP contribution is 2.47. The maximum absolute atomic E-state index is 12.5. The van der Waals surface area contributed by atoms with Gasteiger partial charge in [0.05, 0.1) is 18.1 Å². The Balaban J connectivity index is 1.76. The quantitative estimate of drug-likeness (QED) is 0.687. The molecule has 5 nitrogen and oxygen atoms in total. The van der Waals surface area contributed by atoms with Crippen molar-refractivity contribution in [3.63, 3.8) is 0 Å². The third-order valence-electron chi connectivity index (χ3n) is 4.05. The first-order chi connectivity index (χ1) is 8.62. The number of morpholine rings is 1. The van der Waals surface area contributed by atoms with E-state index in [1.807, 2.05) is 9.80 Å². The largest absolute Gasteiger partial charge is 0.378 e. The molecular formula is C12H18N2O3S. The number of hydrogen-bond donors (Lipinski definition) is 0. The van der Waals surface area contributed by atoms with E-state index in [1.54, 1.807) is 11.8 Å². The Morgan fingerprint density at radius 3 is 2.89 bits per heavy atom. The van der Waals surface area contributed by atoms with Crippen molar-refractivity contribution in [1.82, 2.24) is 9.80 Å². The molecule has 0 aromatic carbocycles. The predicted octanol–water partition coefficient (Wildman–Crippen LogP) is 0.299. The zero-order valence-electron chi connectivity index (χ0n) is 10.6. The van der Waals surface area contributed by atoms with Crippen LogP contribution in [-0.2, 0) is 14.3 Å². The maximum Gasteiger partial charge on any atom is 0.246 e. The van der Waals surface area contributed by atoms with Gasteiger partial charge in [0.15, 0.2) is 0 Å². The normalized spacial score (nSPS) is 36.1. The van der Waals surface area contributed by atoms with E-state index >= 15 is 0 Å². The standard InChI is InChI=1S/C12H18N2O3S/c1-12-3-2-10(15)14(12)9(8-18-12)11(16)13-4-6-17-7-5-13/h9H,2-8H2,1H3/t9-,12+/m1/s1. The van der Waals surface area contributed by atoms with Gasteiger partial charge in [-0.1, -0.05) is 0 Å². The molecular weight excluding hydrogens is 252 g/mol. The van der Waals surface area contributed by atoms with Gasteiger partial charge < -0.3 is 14.5 Å². The molecule has 0 aliphatic carbocycles. The summed E-state index contributed by atoms with van der Waals surface area (Å²) in [5, 5.41) is 0. The first kappa shape index (κ1) is 12.3. The fourth-order valence-corrected chi connectivity index (χ4v) is 4.42. The lowest BCUT2D eigenvalue weighted by molar-refractivity contribution is -0.146. The summed E-state index contributed by atoms with van der Waals surface area (Å²) < 4.78 is 5.26. The molecule has 0 bridgehead atoms. The number of carbonyl (C=O) groups is 2. The minimum atomic E-state index is -0.256. The molecule has 100 valence electrons. The van der Waals surface area contributed by atoms with Crippen molar-refractivity contribution in [1.29, 1.82) is 0 Å². The number of thioether (sulfide) groups is 1. The van der Waals surface area contributed by atoms with Gasteiger partial charge in [-0.2, -0.15) is 0 Å². The van der Waals surface area contributed by atoms with Gasteiger partial charge in [0.1, 0.15) is 6.04 Å². The molecule has 0 unspecified atom stereocenters. The molecule has 0 aromatic rings. The van der Waals surface area contributed by atoms with Crippen LogP contribution in [0.4, 0.5) is 0 Å². The van der Waals surface area contributed by atoms with Crippen LogP contribution >= 0.6 is 11.8 Å². The van der Waals surface area contributed by atoms with Crippen molar-refractivity contribution >= 4 is 23.6 Å². The molecule has 18 heavy (non-hydrogen) atoms. The summed E-state index contributed by atoms with van der Waals surface area (Å²) in [5.74, 6) is 0.970. The van der Waals surface area contributed by atoms with Crippen LogP contribution < -0.4 is 0 Å². The molecule has 3 fully saturated rings. The summed E-state index contributed by atoms with van der Waals surface area (Å²) >= 11 is 1.75. The van der Waals surface area contributed by atoms with Crippen molar-refractivity contribution in [3.8, 4) is 0 Å². The third kappa shape index (κ3) is 1.82. The maximum atomic E-state index is 12.5. The lowest BCUT2D eigenvalue weighted by Gasteiger charge is -2.34. The summed E-state index contributed by atoms with van der Waals surface area (Å²) in [5.41, 5.74) is 0. The van der Waals surface area contributed by atoms with Gasteiger partial charge in [-0.15, -0.1) is 11.8 Å². The highest BCUT2D eigenvalue weighted by molar-refractivity contribution is 8.01. The summed E-state index contributed by atoms with van der Waals surface area (Å²) in [6.45, 7) is 4.60. The lowest BCUT2D eigenvalue weighted by atomic mass is 10.2. The van der Waals surface area contributed by atoms with Crippen LogP contribution in [0.2, 0.25) is 0 Å². The molecule has 3 saturated heterocycles. The van der Waals surface area contributed by atoms with E-state index in [4.69, 9.17) is 4.74 Å². The fourth-order valence-electron chi connectivity index (χ4n) is 3.00. The van der Waals surface area contributed by atoms with Gasteiger partial charge in [-0.05, 0) is 13.3 Å². The van der Waals surface area contributed by atoms with Gasteiger partial charge in [0.2, 0.25) is 11.8 Å². The van der Waals surface area contributed by atoms with Crippen LogP contribution in [0.25, 0.3) is 0 Å². The summed E-state index contributed by atoms with van der Waals surface area (Å²) in [6.07, 6.45) is 1.44. The number of nitrogens with zero attached hydrogens (tertiary/aromatic N) is 2. The van der Waals surface area contributed by atoms with Gasteiger partial charge in [0.25, 0.3) is 0 Å². The topological polar surface area (TPSA) is 49.9 Å². The van der Waals surface area contributed by atoms with Gasteiger partial charge in [-0.25, -0.2) is 0 Å². The molecule has 3 rings (SSSR count). The second-order valence-electron chi connectivity index (χ2n) is 5.20. The zero-order valence-corrected chi connectivity index (χ0v) is 11.4. The molecule has 0 saturated carbocycles. The molecule has 0 radical (unpaired) electrons. The van der Waals surface area contributed by atoms with E-state index in [-0.39, 0.29) is 22.7 Å². The lowest BCUT2D eigenvalue weighted by Crippen LogP contribution is -2.53. The summed E-state index contributed by atoms with van der Waals surface area (Å²) in [4.78, 5) is 28.0. The molecule has 2 atom stereocenters. The van der Waals surface area contributed by atoms with Crippen molar-refractivity contribution < 1.29 is 14.3 Å². The molecule has 3 heterocycles. The SMILES string of the molecule is C[C@]12CCC(=O)N1[C@@H](C(=O)N1CCOCC1)CS2. The van der Waals surface area contributed by atoms with Crippen LogP contribution in [0.3, 0.4) is 0 Å². The molecule has 0 aromatic heterocycles. The predicted molar refractivity (Wildman–Crippen MR) is 68.1 cm³/mol. The minimum absolute atomic E-state index is 0.102. The van der Waals surface area contributed by atoms with Gasteiger partial charge in [0, 0.05) is 25.3 Å². The molecule has 2 amide bonds. The Hall–Kier alpha value is -0.750. The van der Waals surface area contributed by atoms with E-state index in [9.17, 15) is 9.59 Å². The molecule has 0 spiro atoms. The monoisotopic (exact) mass is 270 g/mol. The van der Waals surface area contributed by atoms with E-state index in [1.165, 1.54) is 0 Å². The van der Waals surface area contributed by atoms with Gasteiger partial charge >= 0.3 is 0 Å².